The lowest BCUT2D eigenvalue weighted by Gasteiger charge is -2.36. The molecule has 1 fully saturated rings. The highest BCUT2D eigenvalue weighted by Crippen LogP contribution is 2.22. The van der Waals surface area contributed by atoms with Crippen LogP contribution in [-0.2, 0) is 6.54 Å². The molecule has 0 spiro atoms. The topological polar surface area (TPSA) is 18.5 Å². The molecule has 0 bridgehead atoms. The molecule has 2 rings (SSSR count). The van der Waals surface area contributed by atoms with Gasteiger partial charge in [-0.3, -0.25) is 0 Å². The minimum atomic E-state index is 0.754. The van der Waals surface area contributed by atoms with Gasteiger partial charge in [0.15, 0.2) is 0 Å². The Labute approximate surface area is 117 Å². The standard InChI is InChI=1S/C16H27N3/c1-4-17-13-14-5-7-16(8-6-14)19-11-9-15(10-12-19)18(2)3/h5-8,15,17H,4,9-13H2,1-3H3. The number of nitrogens with one attached hydrogen (secondary N) is 1. The fraction of sp³-hybridized carbons (Fsp3) is 0.625. The first-order chi connectivity index (χ1) is 9.20. The van der Waals surface area contributed by atoms with Crippen molar-refractivity contribution in [3.8, 4) is 0 Å². The fourth-order valence-corrected chi connectivity index (χ4v) is 2.73. The van der Waals surface area contributed by atoms with Gasteiger partial charge < -0.3 is 15.1 Å². The molecule has 1 aromatic rings. The summed E-state index contributed by atoms with van der Waals surface area (Å²) in [7, 11) is 4.38. The van der Waals surface area contributed by atoms with E-state index in [0.717, 1.165) is 19.1 Å². The number of nitrogens with zero attached hydrogens (tertiary/aromatic N) is 2. The Morgan fingerprint density at radius 2 is 1.79 bits per heavy atom. The predicted octanol–water partition coefficient (Wildman–Crippen LogP) is 2.33. The smallest absolute Gasteiger partial charge is 0.0366 e. The Kier molecular flexibility index (Phi) is 5.23. The zero-order valence-corrected chi connectivity index (χ0v) is 12.5. The summed E-state index contributed by atoms with van der Waals surface area (Å²) < 4.78 is 0. The van der Waals surface area contributed by atoms with Gasteiger partial charge in [0.25, 0.3) is 0 Å². The van der Waals surface area contributed by atoms with E-state index in [1.54, 1.807) is 0 Å². The van der Waals surface area contributed by atoms with E-state index in [0.29, 0.717) is 0 Å². The van der Waals surface area contributed by atoms with Gasteiger partial charge in [0, 0.05) is 31.4 Å². The third-order valence-electron chi connectivity index (χ3n) is 4.08. The third kappa shape index (κ3) is 3.95. The van der Waals surface area contributed by atoms with E-state index < -0.39 is 0 Å². The highest BCUT2D eigenvalue weighted by Gasteiger charge is 2.20. The minimum Gasteiger partial charge on any atom is -0.371 e. The van der Waals surface area contributed by atoms with Crippen molar-refractivity contribution < 1.29 is 0 Å². The molecular formula is C16H27N3. The largest absolute Gasteiger partial charge is 0.371 e. The van der Waals surface area contributed by atoms with Gasteiger partial charge in [-0.05, 0) is 51.2 Å². The van der Waals surface area contributed by atoms with Crippen molar-refractivity contribution in [2.75, 3.05) is 38.6 Å². The number of rotatable bonds is 5. The van der Waals surface area contributed by atoms with Crippen LogP contribution in [0, 0.1) is 0 Å². The normalized spacial score (nSPS) is 17.2. The van der Waals surface area contributed by atoms with Gasteiger partial charge in [0.1, 0.15) is 0 Å². The molecule has 0 radical (unpaired) electrons. The van der Waals surface area contributed by atoms with Crippen LogP contribution in [0.25, 0.3) is 0 Å². The second-order valence-corrected chi connectivity index (χ2v) is 5.63. The second kappa shape index (κ2) is 6.92. The van der Waals surface area contributed by atoms with Gasteiger partial charge in [-0.15, -0.1) is 0 Å². The molecule has 1 heterocycles. The number of anilines is 1. The maximum absolute atomic E-state index is 3.36. The Balaban J connectivity index is 1.89. The summed E-state index contributed by atoms with van der Waals surface area (Å²) >= 11 is 0. The summed E-state index contributed by atoms with van der Waals surface area (Å²) in [5.74, 6) is 0. The lowest BCUT2D eigenvalue weighted by molar-refractivity contribution is 0.249. The molecule has 19 heavy (non-hydrogen) atoms. The van der Waals surface area contributed by atoms with Crippen LogP contribution in [0.1, 0.15) is 25.3 Å². The van der Waals surface area contributed by atoms with E-state index >= 15 is 0 Å². The van der Waals surface area contributed by atoms with E-state index in [1.807, 2.05) is 0 Å². The van der Waals surface area contributed by atoms with E-state index in [1.165, 1.54) is 37.2 Å². The zero-order valence-electron chi connectivity index (χ0n) is 12.5. The first kappa shape index (κ1) is 14.4. The van der Waals surface area contributed by atoms with Gasteiger partial charge in [-0.2, -0.15) is 0 Å². The first-order valence-corrected chi connectivity index (χ1v) is 7.41. The van der Waals surface area contributed by atoms with Crippen LogP contribution in [0.15, 0.2) is 24.3 Å². The van der Waals surface area contributed by atoms with Crippen molar-refractivity contribution >= 4 is 5.69 Å². The molecule has 0 aliphatic carbocycles. The van der Waals surface area contributed by atoms with Crippen LogP contribution in [0.2, 0.25) is 0 Å². The van der Waals surface area contributed by atoms with Crippen molar-refractivity contribution in [1.82, 2.24) is 10.2 Å². The first-order valence-electron chi connectivity index (χ1n) is 7.41. The minimum absolute atomic E-state index is 0.754. The van der Waals surface area contributed by atoms with Crippen molar-refractivity contribution in [3.63, 3.8) is 0 Å². The fourth-order valence-electron chi connectivity index (χ4n) is 2.73. The van der Waals surface area contributed by atoms with Crippen molar-refractivity contribution in [1.29, 1.82) is 0 Å². The Hall–Kier alpha value is -1.06. The average Bonchev–Trinajstić information content (AvgIpc) is 2.46. The lowest BCUT2D eigenvalue weighted by Crippen LogP contribution is -2.41. The highest BCUT2D eigenvalue weighted by molar-refractivity contribution is 5.48. The monoisotopic (exact) mass is 261 g/mol. The molecule has 1 saturated heterocycles. The Morgan fingerprint density at radius 3 is 2.32 bits per heavy atom. The van der Waals surface area contributed by atoms with Crippen molar-refractivity contribution in [3.05, 3.63) is 29.8 Å². The van der Waals surface area contributed by atoms with Gasteiger partial charge >= 0.3 is 0 Å². The molecule has 1 aromatic carbocycles. The summed E-state index contributed by atoms with van der Waals surface area (Å²) in [5.41, 5.74) is 2.74. The van der Waals surface area contributed by atoms with Crippen LogP contribution < -0.4 is 10.2 Å². The zero-order chi connectivity index (χ0) is 13.7. The lowest BCUT2D eigenvalue weighted by atomic mass is 10.0. The molecule has 3 heteroatoms. The van der Waals surface area contributed by atoms with Gasteiger partial charge in [-0.1, -0.05) is 19.1 Å². The van der Waals surface area contributed by atoms with Crippen LogP contribution in [0.5, 0.6) is 0 Å². The van der Waals surface area contributed by atoms with Gasteiger partial charge in [0.05, 0.1) is 0 Å². The van der Waals surface area contributed by atoms with Crippen LogP contribution in [-0.4, -0.2) is 44.7 Å². The van der Waals surface area contributed by atoms with Crippen LogP contribution in [0.4, 0.5) is 5.69 Å². The van der Waals surface area contributed by atoms with E-state index in [4.69, 9.17) is 0 Å². The summed E-state index contributed by atoms with van der Waals surface area (Å²) in [6.45, 7) is 6.49. The summed E-state index contributed by atoms with van der Waals surface area (Å²) in [6, 6.07) is 9.78. The molecule has 1 aliphatic rings. The SMILES string of the molecule is CCNCc1ccc(N2CCC(N(C)C)CC2)cc1. The third-order valence-corrected chi connectivity index (χ3v) is 4.08. The van der Waals surface area contributed by atoms with Crippen molar-refractivity contribution in [2.24, 2.45) is 0 Å². The highest BCUT2D eigenvalue weighted by atomic mass is 15.2. The number of hydrogen-bond donors (Lipinski definition) is 1. The van der Waals surface area contributed by atoms with E-state index in [-0.39, 0.29) is 0 Å². The Bertz CT molecular complexity index is 364. The van der Waals surface area contributed by atoms with Gasteiger partial charge in [-0.25, -0.2) is 0 Å². The van der Waals surface area contributed by atoms with E-state index in [2.05, 4.69) is 60.4 Å². The number of hydrogen-bond acceptors (Lipinski definition) is 3. The van der Waals surface area contributed by atoms with Crippen molar-refractivity contribution in [2.45, 2.75) is 32.4 Å². The molecule has 0 amide bonds. The molecular weight excluding hydrogens is 234 g/mol. The molecule has 0 aromatic heterocycles. The second-order valence-electron chi connectivity index (χ2n) is 5.63. The summed E-state index contributed by atoms with van der Waals surface area (Å²) in [4.78, 5) is 4.87. The van der Waals surface area contributed by atoms with Crippen LogP contribution >= 0.6 is 0 Å². The summed E-state index contributed by atoms with van der Waals surface area (Å²) in [6.07, 6.45) is 2.54. The number of benzene rings is 1. The molecule has 106 valence electrons. The predicted molar refractivity (Wildman–Crippen MR) is 82.7 cm³/mol. The average molecular weight is 261 g/mol. The molecule has 0 atom stereocenters. The van der Waals surface area contributed by atoms with Crippen LogP contribution in [0.3, 0.4) is 0 Å². The quantitative estimate of drug-likeness (QED) is 0.877. The molecule has 1 aliphatic heterocycles. The molecule has 3 nitrogen and oxygen atoms in total. The number of piperidine rings is 1. The molecule has 1 N–H and O–H groups in total. The maximum atomic E-state index is 3.36. The Morgan fingerprint density at radius 1 is 1.16 bits per heavy atom. The van der Waals surface area contributed by atoms with E-state index in [9.17, 15) is 0 Å². The maximum Gasteiger partial charge on any atom is 0.0366 e. The molecule has 0 saturated carbocycles. The van der Waals surface area contributed by atoms with Gasteiger partial charge in [0.2, 0.25) is 0 Å². The molecule has 0 unspecified atom stereocenters. The summed E-state index contributed by atoms with van der Waals surface area (Å²) in [5, 5.41) is 3.36.